The summed E-state index contributed by atoms with van der Waals surface area (Å²) in [5, 5.41) is 10.1. The number of aliphatic hydroxyl groups is 1. The highest BCUT2D eigenvalue weighted by atomic mass is 16.3. The van der Waals surface area contributed by atoms with Crippen molar-refractivity contribution in [1.29, 1.82) is 0 Å². The first-order chi connectivity index (χ1) is 11.7. The number of carbonyl (C=O) groups is 1. The van der Waals surface area contributed by atoms with Crippen molar-refractivity contribution in [3.05, 3.63) is 36.2 Å². The fourth-order valence-corrected chi connectivity index (χ4v) is 3.83. The molecular weight excluding hydrogens is 304 g/mol. The Hall–Kier alpha value is -2.05. The average molecular weight is 326 g/mol. The Morgan fingerprint density at radius 1 is 1.08 bits per heavy atom. The van der Waals surface area contributed by atoms with Crippen LogP contribution in [0.15, 0.2) is 30.5 Å². The normalized spacial score (nSPS) is 25.3. The lowest BCUT2D eigenvalue weighted by Gasteiger charge is -2.38. The number of nitrogens with zero attached hydrogens (tertiary/aromatic N) is 4. The summed E-state index contributed by atoms with van der Waals surface area (Å²) in [5.41, 5.74) is 1.95. The molecule has 0 radical (unpaired) electrons. The highest BCUT2D eigenvalue weighted by Gasteiger charge is 2.33. The Labute approximate surface area is 141 Å². The standard InChI is InChI=1S/C18H22N4O2/c23-17-7-3-6-16(17)21-8-10-22(11-9-21)18(24)15-12-19-13-4-1-2-5-14(13)20-15/h1-2,4-5,12,16-17,23H,3,6-11H2/t16-,17+/m0/s1. The number of para-hydroxylation sites is 2. The number of benzene rings is 1. The van der Waals surface area contributed by atoms with Crippen molar-refractivity contribution in [2.75, 3.05) is 26.2 Å². The Balaban J connectivity index is 1.43. The van der Waals surface area contributed by atoms with Crippen molar-refractivity contribution < 1.29 is 9.90 Å². The number of aromatic nitrogens is 2. The van der Waals surface area contributed by atoms with Crippen molar-refractivity contribution in [3.8, 4) is 0 Å². The maximum atomic E-state index is 12.7. The molecule has 1 saturated heterocycles. The van der Waals surface area contributed by atoms with Crippen LogP contribution in [0.1, 0.15) is 29.8 Å². The Kier molecular flexibility index (Phi) is 4.16. The molecule has 1 aliphatic carbocycles. The largest absolute Gasteiger partial charge is 0.391 e. The molecule has 2 aromatic rings. The van der Waals surface area contributed by atoms with Crippen molar-refractivity contribution in [1.82, 2.24) is 19.8 Å². The minimum absolute atomic E-state index is 0.0557. The molecular formula is C18H22N4O2. The van der Waals surface area contributed by atoms with E-state index in [4.69, 9.17) is 0 Å². The molecule has 126 valence electrons. The molecule has 6 nitrogen and oxygen atoms in total. The predicted octanol–water partition coefficient (Wildman–Crippen LogP) is 1.30. The summed E-state index contributed by atoms with van der Waals surface area (Å²) >= 11 is 0. The van der Waals surface area contributed by atoms with E-state index in [-0.39, 0.29) is 18.1 Å². The van der Waals surface area contributed by atoms with Crippen LogP contribution in [-0.2, 0) is 0 Å². The molecule has 2 atom stereocenters. The smallest absolute Gasteiger partial charge is 0.274 e. The summed E-state index contributed by atoms with van der Waals surface area (Å²) < 4.78 is 0. The van der Waals surface area contributed by atoms with Crippen LogP contribution in [0.2, 0.25) is 0 Å². The number of piperazine rings is 1. The van der Waals surface area contributed by atoms with E-state index in [0.29, 0.717) is 18.8 Å². The summed E-state index contributed by atoms with van der Waals surface area (Å²) in [5.74, 6) is -0.0557. The van der Waals surface area contributed by atoms with Gasteiger partial charge in [0.15, 0.2) is 0 Å². The second-order valence-corrected chi connectivity index (χ2v) is 6.64. The Morgan fingerprint density at radius 3 is 2.54 bits per heavy atom. The highest BCUT2D eigenvalue weighted by Crippen LogP contribution is 2.25. The zero-order chi connectivity index (χ0) is 16.5. The molecule has 4 rings (SSSR count). The molecule has 1 aromatic heterocycles. The van der Waals surface area contributed by atoms with Gasteiger partial charge in [0.25, 0.3) is 5.91 Å². The zero-order valence-corrected chi connectivity index (χ0v) is 13.6. The molecule has 1 saturated carbocycles. The van der Waals surface area contributed by atoms with Crippen LogP contribution in [-0.4, -0.2) is 69.1 Å². The van der Waals surface area contributed by atoms with E-state index in [2.05, 4.69) is 14.9 Å². The topological polar surface area (TPSA) is 69.6 Å². The number of aliphatic hydroxyl groups excluding tert-OH is 1. The zero-order valence-electron chi connectivity index (χ0n) is 13.6. The third-order valence-corrected chi connectivity index (χ3v) is 5.18. The number of rotatable bonds is 2. The van der Waals surface area contributed by atoms with Crippen LogP contribution in [0.5, 0.6) is 0 Å². The van der Waals surface area contributed by atoms with E-state index in [1.54, 1.807) is 6.20 Å². The van der Waals surface area contributed by atoms with E-state index in [9.17, 15) is 9.90 Å². The SMILES string of the molecule is O=C(c1cnc2ccccc2n1)N1CCN([C@H]2CCC[C@H]2O)CC1. The molecule has 1 amide bonds. The van der Waals surface area contributed by atoms with Crippen molar-refractivity contribution in [3.63, 3.8) is 0 Å². The minimum atomic E-state index is -0.210. The van der Waals surface area contributed by atoms with Gasteiger partial charge in [-0.1, -0.05) is 12.1 Å². The summed E-state index contributed by atoms with van der Waals surface area (Å²) in [6, 6.07) is 7.84. The van der Waals surface area contributed by atoms with Crippen LogP contribution in [0, 0.1) is 0 Å². The molecule has 0 spiro atoms. The second-order valence-electron chi connectivity index (χ2n) is 6.64. The van der Waals surface area contributed by atoms with Gasteiger partial charge in [-0.25, -0.2) is 4.98 Å². The van der Waals surface area contributed by atoms with Gasteiger partial charge in [-0.15, -0.1) is 0 Å². The number of hydrogen-bond acceptors (Lipinski definition) is 5. The molecule has 1 N–H and O–H groups in total. The fourth-order valence-electron chi connectivity index (χ4n) is 3.83. The monoisotopic (exact) mass is 326 g/mol. The predicted molar refractivity (Wildman–Crippen MR) is 90.7 cm³/mol. The quantitative estimate of drug-likeness (QED) is 0.901. The van der Waals surface area contributed by atoms with Crippen LogP contribution >= 0.6 is 0 Å². The summed E-state index contributed by atoms with van der Waals surface area (Å²) in [6.07, 6.45) is 4.41. The Bertz CT molecular complexity index is 743. The number of amides is 1. The summed E-state index contributed by atoms with van der Waals surface area (Å²) in [6.45, 7) is 2.98. The lowest BCUT2D eigenvalue weighted by Crippen LogP contribution is -2.53. The molecule has 0 unspecified atom stereocenters. The van der Waals surface area contributed by atoms with E-state index >= 15 is 0 Å². The molecule has 2 fully saturated rings. The first-order valence-electron chi connectivity index (χ1n) is 8.65. The molecule has 1 aliphatic heterocycles. The van der Waals surface area contributed by atoms with Gasteiger partial charge in [-0.2, -0.15) is 0 Å². The molecule has 24 heavy (non-hydrogen) atoms. The third-order valence-electron chi connectivity index (χ3n) is 5.18. The van der Waals surface area contributed by atoms with Gasteiger partial charge in [0.05, 0.1) is 23.3 Å². The summed E-state index contributed by atoms with van der Waals surface area (Å²) in [7, 11) is 0. The van der Waals surface area contributed by atoms with Gasteiger partial charge < -0.3 is 10.0 Å². The van der Waals surface area contributed by atoms with Gasteiger partial charge in [-0.05, 0) is 31.4 Å². The van der Waals surface area contributed by atoms with Crippen LogP contribution in [0.25, 0.3) is 11.0 Å². The molecule has 0 bridgehead atoms. The van der Waals surface area contributed by atoms with Crippen LogP contribution < -0.4 is 0 Å². The number of hydrogen-bond donors (Lipinski definition) is 1. The van der Waals surface area contributed by atoms with Crippen molar-refractivity contribution in [2.45, 2.75) is 31.4 Å². The summed E-state index contributed by atoms with van der Waals surface area (Å²) in [4.78, 5) is 25.6. The van der Waals surface area contributed by atoms with E-state index in [1.807, 2.05) is 29.2 Å². The first-order valence-corrected chi connectivity index (χ1v) is 8.65. The van der Waals surface area contributed by atoms with E-state index in [0.717, 1.165) is 43.4 Å². The molecule has 1 aromatic carbocycles. The fraction of sp³-hybridized carbons (Fsp3) is 0.500. The molecule has 2 heterocycles. The average Bonchev–Trinajstić information content (AvgIpc) is 3.07. The van der Waals surface area contributed by atoms with Crippen molar-refractivity contribution >= 4 is 16.9 Å². The van der Waals surface area contributed by atoms with E-state index in [1.165, 1.54) is 0 Å². The van der Waals surface area contributed by atoms with Crippen LogP contribution in [0.4, 0.5) is 0 Å². The van der Waals surface area contributed by atoms with Gasteiger partial charge >= 0.3 is 0 Å². The maximum absolute atomic E-state index is 12.7. The first kappa shape index (κ1) is 15.5. The van der Waals surface area contributed by atoms with Gasteiger partial charge in [0.2, 0.25) is 0 Å². The Morgan fingerprint density at radius 2 is 1.83 bits per heavy atom. The molecule has 6 heteroatoms. The van der Waals surface area contributed by atoms with Crippen LogP contribution in [0.3, 0.4) is 0 Å². The lowest BCUT2D eigenvalue weighted by molar-refractivity contribution is 0.0313. The third kappa shape index (κ3) is 2.87. The van der Waals surface area contributed by atoms with Crippen molar-refractivity contribution in [2.24, 2.45) is 0 Å². The minimum Gasteiger partial charge on any atom is -0.391 e. The second kappa shape index (κ2) is 6.45. The molecule has 2 aliphatic rings. The lowest BCUT2D eigenvalue weighted by atomic mass is 10.1. The number of fused-ring (bicyclic) bond motifs is 1. The van der Waals surface area contributed by atoms with E-state index < -0.39 is 0 Å². The number of carbonyl (C=O) groups excluding carboxylic acids is 1. The van der Waals surface area contributed by atoms with Gasteiger partial charge in [0, 0.05) is 32.2 Å². The van der Waals surface area contributed by atoms with Gasteiger partial charge in [-0.3, -0.25) is 14.7 Å². The van der Waals surface area contributed by atoms with Gasteiger partial charge in [0.1, 0.15) is 5.69 Å². The highest BCUT2D eigenvalue weighted by molar-refractivity contribution is 5.93. The maximum Gasteiger partial charge on any atom is 0.274 e.